The molecule has 0 saturated carbocycles. The van der Waals surface area contributed by atoms with Crippen LogP contribution in [0.15, 0.2) is 60.0 Å². The van der Waals surface area contributed by atoms with Crippen molar-refractivity contribution in [1.82, 2.24) is 14.8 Å². The van der Waals surface area contributed by atoms with Crippen molar-refractivity contribution < 1.29 is 4.79 Å². The molecule has 3 aromatic rings. The number of amides is 1. The number of benzene rings is 2. The number of nitrogens with zero attached hydrogens (tertiary/aromatic N) is 3. The molecule has 1 amide bonds. The van der Waals surface area contributed by atoms with Crippen LogP contribution in [0.1, 0.15) is 38.3 Å². The summed E-state index contributed by atoms with van der Waals surface area (Å²) in [6.45, 7) is 12.6. The lowest BCUT2D eigenvalue weighted by Gasteiger charge is -2.34. The van der Waals surface area contributed by atoms with E-state index in [4.69, 9.17) is 0 Å². The predicted octanol–water partition coefficient (Wildman–Crippen LogP) is 5.25. The van der Waals surface area contributed by atoms with Crippen LogP contribution in [0.5, 0.6) is 0 Å². The van der Waals surface area contributed by atoms with Crippen LogP contribution in [-0.4, -0.2) is 53.4 Å². The molecule has 0 atom stereocenters. The number of nitrogens with one attached hydrogen (secondary N) is 1. The van der Waals surface area contributed by atoms with Gasteiger partial charge in [-0.2, -0.15) is 0 Å². The number of anilines is 1. The maximum absolute atomic E-state index is 12.4. The van der Waals surface area contributed by atoms with E-state index in [1.54, 1.807) is 0 Å². The van der Waals surface area contributed by atoms with Crippen LogP contribution in [0.25, 0.3) is 11.3 Å². The standard InChI is InChI=1S/C27H34N4OS/c1-27(2,3)23-11-9-21(10-12-23)19-31-17-15-30(16-18-31)14-13-25(32)29-26-28-24(20-33-26)22-7-5-4-6-8-22/h4-12,20H,13-19H2,1-3H3,(H,28,29,32). The largest absolute Gasteiger partial charge is 0.302 e. The zero-order valence-corrected chi connectivity index (χ0v) is 20.7. The molecule has 2 aromatic carbocycles. The van der Waals surface area contributed by atoms with E-state index in [1.165, 1.54) is 22.5 Å². The molecule has 6 heteroatoms. The third-order valence-corrected chi connectivity index (χ3v) is 6.92. The van der Waals surface area contributed by atoms with Crippen LogP contribution >= 0.6 is 11.3 Å². The molecule has 0 bridgehead atoms. The topological polar surface area (TPSA) is 48.5 Å². The molecule has 1 saturated heterocycles. The SMILES string of the molecule is CC(C)(C)c1ccc(CN2CCN(CCC(=O)Nc3nc(-c4ccccc4)cs3)CC2)cc1. The molecule has 174 valence electrons. The molecule has 1 N–H and O–H groups in total. The van der Waals surface area contributed by atoms with Crippen LogP contribution in [0.2, 0.25) is 0 Å². The van der Waals surface area contributed by atoms with E-state index in [9.17, 15) is 4.79 Å². The van der Waals surface area contributed by atoms with Gasteiger partial charge in [-0.1, -0.05) is 75.4 Å². The molecule has 1 aliphatic heterocycles. The van der Waals surface area contributed by atoms with Crippen molar-refractivity contribution in [1.29, 1.82) is 0 Å². The fourth-order valence-electron chi connectivity index (χ4n) is 4.05. The number of hydrogen-bond acceptors (Lipinski definition) is 5. The third-order valence-electron chi connectivity index (χ3n) is 6.17. The average Bonchev–Trinajstić information content (AvgIpc) is 3.27. The highest BCUT2D eigenvalue weighted by Gasteiger charge is 2.19. The Bertz CT molecular complexity index is 1030. The van der Waals surface area contributed by atoms with E-state index in [1.807, 2.05) is 35.7 Å². The van der Waals surface area contributed by atoms with E-state index in [0.29, 0.717) is 11.6 Å². The Morgan fingerprint density at radius 1 is 0.970 bits per heavy atom. The monoisotopic (exact) mass is 462 g/mol. The number of piperazine rings is 1. The molecular weight excluding hydrogens is 428 g/mol. The van der Waals surface area contributed by atoms with E-state index >= 15 is 0 Å². The van der Waals surface area contributed by atoms with Crippen molar-refractivity contribution in [3.8, 4) is 11.3 Å². The molecule has 0 spiro atoms. The van der Waals surface area contributed by atoms with E-state index in [0.717, 1.165) is 50.5 Å². The Hall–Kier alpha value is -2.54. The van der Waals surface area contributed by atoms with Crippen molar-refractivity contribution in [2.24, 2.45) is 0 Å². The summed E-state index contributed by atoms with van der Waals surface area (Å²) in [6, 6.07) is 19.1. The van der Waals surface area contributed by atoms with Gasteiger partial charge in [0.05, 0.1) is 5.69 Å². The van der Waals surface area contributed by atoms with Gasteiger partial charge in [0.2, 0.25) is 5.91 Å². The van der Waals surface area contributed by atoms with Crippen LogP contribution in [0, 0.1) is 0 Å². The second-order valence-electron chi connectivity index (χ2n) is 9.77. The zero-order valence-electron chi connectivity index (χ0n) is 19.9. The minimum Gasteiger partial charge on any atom is -0.302 e. The van der Waals surface area contributed by atoms with Gasteiger partial charge in [0, 0.05) is 56.6 Å². The second-order valence-corrected chi connectivity index (χ2v) is 10.6. The van der Waals surface area contributed by atoms with Gasteiger partial charge >= 0.3 is 0 Å². The highest BCUT2D eigenvalue weighted by Crippen LogP contribution is 2.25. The number of thiazole rings is 1. The molecule has 33 heavy (non-hydrogen) atoms. The Balaban J connectivity index is 1.17. The molecule has 1 aliphatic rings. The summed E-state index contributed by atoms with van der Waals surface area (Å²) in [7, 11) is 0. The molecule has 1 fully saturated rings. The number of carbonyl (C=O) groups excluding carboxylic acids is 1. The molecular formula is C27H34N4OS. The first-order valence-electron chi connectivity index (χ1n) is 11.7. The summed E-state index contributed by atoms with van der Waals surface area (Å²) in [5, 5.41) is 5.61. The summed E-state index contributed by atoms with van der Waals surface area (Å²) in [5.74, 6) is 0.0327. The Labute approximate surface area is 201 Å². The van der Waals surface area contributed by atoms with Crippen LogP contribution < -0.4 is 5.32 Å². The van der Waals surface area contributed by atoms with Gasteiger partial charge in [-0.3, -0.25) is 9.69 Å². The van der Waals surface area contributed by atoms with E-state index in [-0.39, 0.29) is 11.3 Å². The van der Waals surface area contributed by atoms with Crippen molar-refractivity contribution in [3.63, 3.8) is 0 Å². The summed E-state index contributed by atoms with van der Waals surface area (Å²) < 4.78 is 0. The zero-order chi connectivity index (χ0) is 23.3. The third kappa shape index (κ3) is 6.73. The number of aromatic nitrogens is 1. The molecule has 1 aromatic heterocycles. The smallest absolute Gasteiger partial charge is 0.227 e. The average molecular weight is 463 g/mol. The lowest BCUT2D eigenvalue weighted by atomic mass is 9.87. The lowest BCUT2D eigenvalue weighted by Crippen LogP contribution is -2.46. The van der Waals surface area contributed by atoms with Gasteiger partial charge in [0.25, 0.3) is 0 Å². The molecule has 2 heterocycles. The Kier molecular flexibility index (Phi) is 7.58. The molecule has 4 rings (SSSR count). The summed E-state index contributed by atoms with van der Waals surface area (Å²) in [6.07, 6.45) is 0.495. The van der Waals surface area contributed by atoms with Gasteiger partial charge in [0.15, 0.2) is 5.13 Å². The molecule has 5 nitrogen and oxygen atoms in total. The van der Waals surface area contributed by atoms with Gasteiger partial charge in [0.1, 0.15) is 0 Å². The van der Waals surface area contributed by atoms with Crippen molar-refractivity contribution in [2.75, 3.05) is 38.0 Å². The minimum atomic E-state index is 0.0327. The predicted molar refractivity (Wildman–Crippen MR) is 138 cm³/mol. The quantitative estimate of drug-likeness (QED) is 0.521. The molecule has 0 radical (unpaired) electrons. The highest BCUT2D eigenvalue weighted by atomic mass is 32.1. The minimum absolute atomic E-state index is 0.0327. The summed E-state index contributed by atoms with van der Waals surface area (Å²) in [4.78, 5) is 21.9. The summed E-state index contributed by atoms with van der Waals surface area (Å²) >= 11 is 1.47. The normalized spacial score (nSPS) is 15.5. The van der Waals surface area contributed by atoms with Crippen molar-refractivity contribution in [3.05, 3.63) is 71.1 Å². The molecule has 0 aliphatic carbocycles. The Morgan fingerprint density at radius 3 is 2.30 bits per heavy atom. The lowest BCUT2D eigenvalue weighted by molar-refractivity contribution is -0.116. The Morgan fingerprint density at radius 2 is 1.64 bits per heavy atom. The van der Waals surface area contributed by atoms with E-state index in [2.05, 4.69) is 65.1 Å². The fourth-order valence-corrected chi connectivity index (χ4v) is 4.79. The van der Waals surface area contributed by atoms with Gasteiger partial charge in [-0.25, -0.2) is 4.98 Å². The highest BCUT2D eigenvalue weighted by molar-refractivity contribution is 7.14. The van der Waals surface area contributed by atoms with Crippen molar-refractivity contribution in [2.45, 2.75) is 39.2 Å². The first-order valence-corrected chi connectivity index (χ1v) is 12.6. The van der Waals surface area contributed by atoms with Crippen molar-refractivity contribution >= 4 is 22.4 Å². The fraction of sp³-hybridized carbons (Fsp3) is 0.407. The van der Waals surface area contributed by atoms with E-state index < -0.39 is 0 Å². The van der Waals surface area contributed by atoms with Crippen LogP contribution in [0.4, 0.5) is 5.13 Å². The summed E-state index contributed by atoms with van der Waals surface area (Å²) in [5.41, 5.74) is 4.91. The maximum atomic E-state index is 12.4. The van der Waals surface area contributed by atoms with Crippen LogP contribution in [0.3, 0.4) is 0 Å². The number of hydrogen-bond donors (Lipinski definition) is 1. The van der Waals surface area contributed by atoms with Gasteiger partial charge in [-0.05, 0) is 16.5 Å². The molecule has 0 unspecified atom stereocenters. The second kappa shape index (κ2) is 10.6. The maximum Gasteiger partial charge on any atom is 0.227 e. The number of rotatable bonds is 7. The first kappa shape index (κ1) is 23.6. The van der Waals surface area contributed by atoms with Gasteiger partial charge < -0.3 is 10.2 Å². The first-order chi connectivity index (χ1) is 15.9. The van der Waals surface area contributed by atoms with Gasteiger partial charge in [-0.15, -0.1) is 11.3 Å². The van der Waals surface area contributed by atoms with Crippen LogP contribution in [-0.2, 0) is 16.8 Å². The number of carbonyl (C=O) groups is 1.